The number of carbonyl (C=O) groups is 3. The summed E-state index contributed by atoms with van der Waals surface area (Å²) in [6.45, 7) is 3.73. The minimum atomic E-state index is -0.422. The van der Waals surface area contributed by atoms with E-state index in [0.29, 0.717) is 58.5 Å². The molecule has 2 aliphatic heterocycles. The van der Waals surface area contributed by atoms with E-state index in [1.807, 2.05) is 18.2 Å². The minimum absolute atomic E-state index is 0.104. The Bertz CT molecular complexity index is 1650. The predicted molar refractivity (Wildman–Crippen MR) is 149 cm³/mol. The molecule has 198 valence electrons. The van der Waals surface area contributed by atoms with Crippen LogP contribution in [0.4, 0.5) is 16.0 Å². The predicted octanol–water partition coefficient (Wildman–Crippen LogP) is 2.54. The molecule has 4 heterocycles. The SMILES string of the molecule is CO/N=C(\C(=O)N1CCN(c2ccc3c4c(cccc24)C(=O)N(c2nnc(C)s2)C3=O)CC1)c1csc(N)n1. The number of anilines is 3. The van der Waals surface area contributed by atoms with E-state index >= 15 is 0 Å². The molecular formula is C25H22N8O4S2. The van der Waals surface area contributed by atoms with Crippen LogP contribution in [0.25, 0.3) is 10.8 Å². The lowest BCUT2D eigenvalue weighted by Crippen LogP contribution is -2.51. The zero-order valence-corrected chi connectivity index (χ0v) is 22.6. The summed E-state index contributed by atoms with van der Waals surface area (Å²) < 4.78 is 0. The highest BCUT2D eigenvalue weighted by Crippen LogP contribution is 2.38. The van der Waals surface area contributed by atoms with Crippen molar-refractivity contribution in [1.29, 1.82) is 0 Å². The van der Waals surface area contributed by atoms with Gasteiger partial charge in [-0.05, 0) is 25.1 Å². The van der Waals surface area contributed by atoms with Gasteiger partial charge in [0.1, 0.15) is 17.8 Å². The first kappa shape index (κ1) is 24.9. The molecule has 39 heavy (non-hydrogen) atoms. The highest BCUT2D eigenvalue weighted by molar-refractivity contribution is 7.15. The highest BCUT2D eigenvalue weighted by Gasteiger charge is 2.37. The minimum Gasteiger partial charge on any atom is -0.398 e. The molecule has 0 bridgehead atoms. The molecule has 6 rings (SSSR count). The van der Waals surface area contributed by atoms with Crippen LogP contribution in [-0.2, 0) is 9.63 Å². The molecule has 0 spiro atoms. The number of aryl methyl sites for hydroxylation is 1. The Kier molecular flexibility index (Phi) is 6.19. The molecule has 0 radical (unpaired) electrons. The van der Waals surface area contributed by atoms with Crippen LogP contribution in [-0.4, -0.2) is 76.8 Å². The number of nitrogen functional groups attached to an aromatic ring is 1. The maximum atomic E-state index is 13.4. The number of aromatic nitrogens is 3. The van der Waals surface area contributed by atoms with Gasteiger partial charge in [0.25, 0.3) is 17.7 Å². The van der Waals surface area contributed by atoms with Crippen LogP contribution in [0.15, 0.2) is 40.9 Å². The number of oxime groups is 1. The summed E-state index contributed by atoms with van der Waals surface area (Å²) in [7, 11) is 1.38. The topological polar surface area (TPSA) is 147 Å². The first-order chi connectivity index (χ1) is 18.9. The zero-order valence-electron chi connectivity index (χ0n) is 20.9. The number of thiazole rings is 1. The molecule has 1 fully saturated rings. The number of rotatable bonds is 5. The molecule has 2 aromatic carbocycles. The smallest absolute Gasteiger partial charge is 0.278 e. The van der Waals surface area contributed by atoms with E-state index in [0.717, 1.165) is 16.0 Å². The second-order valence-corrected chi connectivity index (χ2v) is 10.9. The summed E-state index contributed by atoms with van der Waals surface area (Å²) in [6, 6.07) is 9.10. The van der Waals surface area contributed by atoms with E-state index in [2.05, 4.69) is 25.2 Å². The van der Waals surface area contributed by atoms with E-state index in [4.69, 9.17) is 10.6 Å². The molecule has 3 amide bonds. The van der Waals surface area contributed by atoms with Gasteiger partial charge < -0.3 is 20.4 Å². The molecule has 12 nitrogen and oxygen atoms in total. The highest BCUT2D eigenvalue weighted by atomic mass is 32.1. The summed E-state index contributed by atoms with van der Waals surface area (Å²) in [5.41, 5.74) is 7.99. The van der Waals surface area contributed by atoms with Crippen molar-refractivity contribution in [2.75, 3.05) is 48.8 Å². The lowest BCUT2D eigenvalue weighted by molar-refractivity contribution is -0.124. The van der Waals surface area contributed by atoms with E-state index in [1.54, 1.807) is 29.3 Å². The molecule has 2 aliphatic rings. The zero-order chi connectivity index (χ0) is 27.3. The molecule has 4 aromatic rings. The molecule has 2 aromatic heterocycles. The van der Waals surface area contributed by atoms with Gasteiger partial charge in [0.15, 0.2) is 10.8 Å². The summed E-state index contributed by atoms with van der Waals surface area (Å²) in [5.74, 6) is -1.13. The third-order valence-corrected chi connectivity index (χ3v) is 8.15. The quantitative estimate of drug-likeness (QED) is 0.220. The Morgan fingerprint density at radius 1 is 1.05 bits per heavy atom. The van der Waals surface area contributed by atoms with Crippen molar-refractivity contribution < 1.29 is 19.2 Å². The normalized spacial score (nSPS) is 15.8. The van der Waals surface area contributed by atoms with Gasteiger partial charge in [0.05, 0.1) is 0 Å². The number of hydrogen-bond acceptors (Lipinski definition) is 12. The average molecular weight is 563 g/mol. The molecule has 1 saturated heterocycles. The van der Waals surface area contributed by atoms with Gasteiger partial charge in [-0.1, -0.05) is 28.6 Å². The summed E-state index contributed by atoms with van der Waals surface area (Å²) in [6.07, 6.45) is 0. The first-order valence-electron chi connectivity index (χ1n) is 12.0. The standard InChI is InChI=1S/C25H22N8O4S2/c1-13-28-29-25(39-13)33-21(34)15-5-3-4-14-18(7-6-16(19(14)15)22(33)35)31-8-10-32(11-9-31)23(36)20(30-37-2)17-12-38-24(26)27-17/h3-7,12H,8-11H2,1-2H3,(H2,26,27)/b30-20-. The lowest BCUT2D eigenvalue weighted by Gasteiger charge is -2.37. The Labute approximate surface area is 230 Å². The number of imide groups is 1. The van der Waals surface area contributed by atoms with Gasteiger partial charge in [-0.15, -0.1) is 21.5 Å². The van der Waals surface area contributed by atoms with Crippen molar-refractivity contribution in [3.05, 3.63) is 57.5 Å². The molecule has 0 atom stereocenters. The van der Waals surface area contributed by atoms with Gasteiger partial charge in [0.2, 0.25) is 5.13 Å². The van der Waals surface area contributed by atoms with Crippen LogP contribution >= 0.6 is 22.7 Å². The second kappa shape index (κ2) is 9.71. The van der Waals surface area contributed by atoms with Gasteiger partial charge >= 0.3 is 0 Å². The number of carbonyl (C=O) groups excluding carboxylic acids is 3. The van der Waals surface area contributed by atoms with Crippen LogP contribution in [0.1, 0.15) is 31.4 Å². The summed E-state index contributed by atoms with van der Waals surface area (Å²) in [5, 5.41) is 16.3. The van der Waals surface area contributed by atoms with Crippen LogP contribution in [0.5, 0.6) is 0 Å². The van der Waals surface area contributed by atoms with Gasteiger partial charge in [-0.25, -0.2) is 9.88 Å². The van der Waals surface area contributed by atoms with Crippen molar-refractivity contribution >= 4 is 72.8 Å². The Balaban J connectivity index is 1.27. The van der Waals surface area contributed by atoms with Crippen molar-refractivity contribution in [2.24, 2.45) is 5.16 Å². The summed E-state index contributed by atoms with van der Waals surface area (Å²) in [4.78, 5) is 54.1. The van der Waals surface area contributed by atoms with Crippen molar-refractivity contribution in [2.45, 2.75) is 6.92 Å². The third-order valence-electron chi connectivity index (χ3n) is 6.65. The Hall–Kier alpha value is -4.43. The van der Waals surface area contributed by atoms with Crippen LogP contribution in [0.2, 0.25) is 0 Å². The molecule has 14 heteroatoms. The fourth-order valence-corrected chi connectivity index (χ4v) is 6.12. The van der Waals surface area contributed by atoms with Crippen LogP contribution in [0, 0.1) is 6.92 Å². The number of hydrogen-bond donors (Lipinski definition) is 1. The number of benzene rings is 2. The van der Waals surface area contributed by atoms with Crippen LogP contribution in [0.3, 0.4) is 0 Å². The largest absolute Gasteiger partial charge is 0.398 e. The van der Waals surface area contributed by atoms with Crippen LogP contribution < -0.4 is 15.5 Å². The second-order valence-electron chi connectivity index (χ2n) is 8.88. The fourth-order valence-electron chi connectivity index (χ4n) is 4.89. The number of piperazine rings is 1. The molecule has 0 saturated carbocycles. The summed E-state index contributed by atoms with van der Waals surface area (Å²) >= 11 is 2.42. The maximum absolute atomic E-state index is 13.4. The number of amides is 3. The van der Waals surface area contributed by atoms with Gasteiger partial charge in [-0.3, -0.25) is 14.4 Å². The van der Waals surface area contributed by atoms with Crippen molar-refractivity contribution in [3.8, 4) is 0 Å². The molecular weight excluding hydrogens is 540 g/mol. The van der Waals surface area contributed by atoms with Crippen molar-refractivity contribution in [3.63, 3.8) is 0 Å². The third kappa shape index (κ3) is 4.17. The van der Waals surface area contributed by atoms with E-state index in [9.17, 15) is 14.4 Å². The first-order valence-corrected chi connectivity index (χ1v) is 13.7. The molecule has 0 aliphatic carbocycles. The maximum Gasteiger partial charge on any atom is 0.278 e. The Morgan fingerprint density at radius 2 is 1.79 bits per heavy atom. The lowest BCUT2D eigenvalue weighted by atomic mass is 9.93. The van der Waals surface area contributed by atoms with E-state index in [-0.39, 0.29) is 16.8 Å². The number of nitrogens with zero attached hydrogens (tertiary/aromatic N) is 7. The number of nitrogens with two attached hydrogens (primary N) is 1. The average Bonchev–Trinajstić information content (AvgIpc) is 3.57. The molecule has 0 unspecified atom stereocenters. The van der Waals surface area contributed by atoms with Gasteiger partial charge in [-0.2, -0.15) is 0 Å². The van der Waals surface area contributed by atoms with E-state index < -0.39 is 11.8 Å². The van der Waals surface area contributed by atoms with Gasteiger partial charge in [0, 0.05) is 59.1 Å². The van der Waals surface area contributed by atoms with E-state index in [1.165, 1.54) is 29.8 Å². The monoisotopic (exact) mass is 562 g/mol. The Morgan fingerprint density at radius 3 is 2.44 bits per heavy atom. The molecule has 2 N–H and O–H groups in total. The fraction of sp³-hybridized carbons (Fsp3) is 0.240. The van der Waals surface area contributed by atoms with Crippen molar-refractivity contribution in [1.82, 2.24) is 20.1 Å².